The van der Waals surface area contributed by atoms with Gasteiger partial charge in [-0.1, -0.05) is 12.1 Å². The zero-order valence-electron chi connectivity index (χ0n) is 13.3. The number of nitrogens with zero attached hydrogens (tertiary/aromatic N) is 2. The highest BCUT2D eigenvalue weighted by molar-refractivity contribution is 7.09. The van der Waals surface area contributed by atoms with Crippen LogP contribution in [0.1, 0.15) is 27.5 Å². The molecule has 2 rings (SSSR count). The highest BCUT2D eigenvalue weighted by atomic mass is 35.5. The second-order valence-corrected chi connectivity index (χ2v) is 5.95. The Morgan fingerprint density at radius 3 is 2.61 bits per heavy atom. The maximum atomic E-state index is 12.2. The summed E-state index contributed by atoms with van der Waals surface area (Å²) >= 11 is 1.42. The molecule has 0 saturated carbocycles. The summed E-state index contributed by atoms with van der Waals surface area (Å²) in [5.41, 5.74) is 7.24. The van der Waals surface area contributed by atoms with Crippen LogP contribution in [0.25, 0.3) is 0 Å². The summed E-state index contributed by atoms with van der Waals surface area (Å²) in [6.07, 6.45) is 1.83. The van der Waals surface area contributed by atoms with Gasteiger partial charge in [0.2, 0.25) is 0 Å². The molecule has 1 aromatic carbocycles. The fraction of sp³-hybridized carbons (Fsp3) is 0.375. The van der Waals surface area contributed by atoms with Crippen molar-refractivity contribution in [1.29, 1.82) is 0 Å². The van der Waals surface area contributed by atoms with Gasteiger partial charge in [-0.15, -0.1) is 23.7 Å². The van der Waals surface area contributed by atoms with Gasteiger partial charge in [0, 0.05) is 25.5 Å². The van der Waals surface area contributed by atoms with Gasteiger partial charge < -0.3 is 15.4 Å². The number of thiazole rings is 1. The van der Waals surface area contributed by atoms with Crippen LogP contribution in [0.15, 0.2) is 29.6 Å². The molecule has 0 aliphatic rings. The van der Waals surface area contributed by atoms with E-state index in [-0.39, 0.29) is 18.3 Å². The second-order valence-electron chi connectivity index (χ2n) is 5.01. The number of halogens is 1. The van der Waals surface area contributed by atoms with E-state index in [0.717, 1.165) is 23.6 Å². The first-order valence-corrected chi connectivity index (χ1v) is 8.05. The third-order valence-corrected chi connectivity index (χ3v) is 4.28. The molecule has 0 aliphatic carbocycles. The Morgan fingerprint density at radius 1 is 1.35 bits per heavy atom. The maximum Gasteiger partial charge on any atom is 0.273 e. The maximum absolute atomic E-state index is 12.2. The molecule has 126 valence electrons. The second kappa shape index (κ2) is 9.50. The lowest BCUT2D eigenvalue weighted by Gasteiger charge is -2.15. The molecule has 5 nitrogen and oxygen atoms in total. The van der Waals surface area contributed by atoms with Crippen molar-refractivity contribution in [2.24, 2.45) is 5.73 Å². The number of carbonyl (C=O) groups excluding carboxylic acids is 1. The summed E-state index contributed by atoms with van der Waals surface area (Å²) in [7, 11) is 3.46. The Hall–Kier alpha value is -1.63. The standard InChI is InChI=1S/C16H21N3O2S.ClH/c1-19(16(20)14-11-22-15(10-17)18-14)9-3-4-12-5-7-13(21-2)8-6-12;/h5-8,11H,3-4,9-10,17H2,1-2H3;1H. The Bertz CT molecular complexity index is 616. The number of carbonyl (C=O) groups is 1. The van der Waals surface area contributed by atoms with Crippen molar-refractivity contribution in [3.63, 3.8) is 0 Å². The van der Waals surface area contributed by atoms with Gasteiger partial charge in [0.15, 0.2) is 0 Å². The summed E-state index contributed by atoms with van der Waals surface area (Å²) in [5.74, 6) is 0.806. The molecule has 0 radical (unpaired) electrons. The van der Waals surface area contributed by atoms with Crippen LogP contribution in [0.5, 0.6) is 5.75 Å². The summed E-state index contributed by atoms with van der Waals surface area (Å²) < 4.78 is 5.14. The van der Waals surface area contributed by atoms with Gasteiger partial charge in [-0.3, -0.25) is 4.79 Å². The first kappa shape index (κ1) is 19.4. The van der Waals surface area contributed by atoms with Crippen molar-refractivity contribution in [2.75, 3.05) is 20.7 Å². The van der Waals surface area contributed by atoms with Crippen molar-refractivity contribution in [2.45, 2.75) is 19.4 Å². The van der Waals surface area contributed by atoms with Gasteiger partial charge in [-0.2, -0.15) is 0 Å². The number of nitrogens with two attached hydrogens (primary N) is 1. The van der Waals surface area contributed by atoms with Crippen LogP contribution in [0.4, 0.5) is 0 Å². The molecule has 0 bridgehead atoms. The average Bonchev–Trinajstić information content (AvgIpc) is 3.03. The summed E-state index contributed by atoms with van der Waals surface area (Å²) in [6.45, 7) is 1.07. The molecule has 0 unspecified atom stereocenters. The van der Waals surface area contributed by atoms with Crippen LogP contribution in [-0.2, 0) is 13.0 Å². The Kier molecular flexibility index (Phi) is 8.02. The third kappa shape index (κ3) is 5.49. The molecule has 0 spiro atoms. The summed E-state index contributed by atoms with van der Waals surface area (Å²) in [5, 5.41) is 2.56. The smallest absolute Gasteiger partial charge is 0.273 e. The van der Waals surface area contributed by atoms with Gasteiger partial charge >= 0.3 is 0 Å². The van der Waals surface area contributed by atoms with Gasteiger partial charge in [-0.05, 0) is 30.5 Å². The predicted octanol–water partition coefficient (Wildman–Crippen LogP) is 2.74. The summed E-state index contributed by atoms with van der Waals surface area (Å²) in [6, 6.07) is 8.00. The predicted molar refractivity (Wildman–Crippen MR) is 95.5 cm³/mol. The van der Waals surface area contributed by atoms with Crippen molar-refractivity contribution >= 4 is 29.7 Å². The highest BCUT2D eigenvalue weighted by Gasteiger charge is 2.14. The molecular weight excluding hydrogens is 334 g/mol. The molecule has 1 amide bonds. The van der Waals surface area contributed by atoms with Crippen LogP contribution in [0.3, 0.4) is 0 Å². The SMILES string of the molecule is COc1ccc(CCCN(C)C(=O)c2csc(CN)n2)cc1.Cl. The van der Waals surface area contributed by atoms with E-state index in [1.165, 1.54) is 16.9 Å². The molecule has 0 aliphatic heterocycles. The van der Waals surface area contributed by atoms with Crippen molar-refractivity contribution < 1.29 is 9.53 Å². The molecule has 7 heteroatoms. The van der Waals surface area contributed by atoms with Gasteiger partial charge in [-0.25, -0.2) is 4.98 Å². The van der Waals surface area contributed by atoms with E-state index < -0.39 is 0 Å². The quantitative estimate of drug-likeness (QED) is 0.829. The molecule has 2 N–H and O–H groups in total. The number of aryl methyl sites for hydroxylation is 1. The first-order valence-electron chi connectivity index (χ1n) is 7.17. The number of ether oxygens (including phenoxy) is 1. The number of hydrogen-bond donors (Lipinski definition) is 1. The molecule has 0 saturated heterocycles. The van der Waals surface area contributed by atoms with Gasteiger partial charge in [0.25, 0.3) is 5.91 Å². The Labute approximate surface area is 146 Å². The van der Waals surface area contributed by atoms with Gasteiger partial charge in [0.05, 0.1) is 7.11 Å². The number of amides is 1. The topological polar surface area (TPSA) is 68.5 Å². The van der Waals surface area contributed by atoms with Crippen molar-refractivity contribution in [1.82, 2.24) is 9.88 Å². The van der Waals surface area contributed by atoms with E-state index in [0.29, 0.717) is 18.8 Å². The first-order chi connectivity index (χ1) is 10.6. The van der Waals surface area contributed by atoms with Gasteiger partial charge in [0.1, 0.15) is 16.5 Å². The number of hydrogen-bond acceptors (Lipinski definition) is 5. The van der Waals surface area contributed by atoms with Crippen LogP contribution in [-0.4, -0.2) is 36.5 Å². The fourth-order valence-corrected chi connectivity index (χ4v) is 2.76. The van der Waals surface area contributed by atoms with E-state index in [4.69, 9.17) is 10.5 Å². The fourth-order valence-electron chi connectivity index (χ4n) is 2.11. The third-order valence-electron chi connectivity index (χ3n) is 3.41. The lowest BCUT2D eigenvalue weighted by molar-refractivity contribution is 0.0788. The number of rotatable bonds is 7. The zero-order chi connectivity index (χ0) is 15.9. The Morgan fingerprint density at radius 2 is 2.04 bits per heavy atom. The lowest BCUT2D eigenvalue weighted by Crippen LogP contribution is -2.28. The molecule has 0 atom stereocenters. The average molecular weight is 356 g/mol. The largest absolute Gasteiger partial charge is 0.497 e. The lowest BCUT2D eigenvalue weighted by atomic mass is 10.1. The van der Waals surface area contributed by atoms with Crippen LogP contribution < -0.4 is 10.5 Å². The zero-order valence-corrected chi connectivity index (χ0v) is 15.0. The molecule has 0 fully saturated rings. The van der Waals surface area contributed by atoms with Crippen molar-refractivity contribution in [3.05, 3.63) is 45.9 Å². The molecule has 23 heavy (non-hydrogen) atoms. The van der Waals surface area contributed by atoms with Crippen LogP contribution in [0.2, 0.25) is 0 Å². The van der Waals surface area contributed by atoms with Crippen LogP contribution >= 0.6 is 23.7 Å². The Balaban J connectivity index is 0.00000264. The minimum absolute atomic E-state index is 0. The minimum Gasteiger partial charge on any atom is -0.497 e. The van der Waals surface area contributed by atoms with E-state index in [9.17, 15) is 4.79 Å². The molecule has 2 aromatic rings. The number of aromatic nitrogens is 1. The van der Waals surface area contributed by atoms with E-state index in [1.807, 2.05) is 12.1 Å². The number of benzene rings is 1. The molecule has 1 heterocycles. The van der Waals surface area contributed by atoms with E-state index >= 15 is 0 Å². The van der Waals surface area contributed by atoms with E-state index in [2.05, 4.69) is 17.1 Å². The normalized spacial score (nSPS) is 10.0. The number of methoxy groups -OCH3 is 1. The van der Waals surface area contributed by atoms with Crippen LogP contribution in [0, 0.1) is 0 Å². The minimum atomic E-state index is -0.0503. The molecular formula is C16H22ClN3O2S. The highest BCUT2D eigenvalue weighted by Crippen LogP contribution is 2.14. The molecule has 1 aromatic heterocycles. The van der Waals surface area contributed by atoms with E-state index in [1.54, 1.807) is 24.4 Å². The summed E-state index contributed by atoms with van der Waals surface area (Å²) in [4.78, 5) is 18.1. The van der Waals surface area contributed by atoms with Crippen molar-refractivity contribution in [3.8, 4) is 5.75 Å². The monoisotopic (exact) mass is 355 g/mol.